The molecule has 0 bridgehead atoms. The summed E-state index contributed by atoms with van der Waals surface area (Å²) in [4.78, 5) is 15.0. The molecule has 0 spiro atoms. The Bertz CT molecular complexity index is 610. The smallest absolute Gasteiger partial charge is 0.264 e. The number of halogens is 2. The van der Waals surface area contributed by atoms with Gasteiger partial charge in [0.25, 0.3) is 5.91 Å². The number of rotatable bonds is 2. The normalized spacial score (nSPS) is 19.1. The van der Waals surface area contributed by atoms with Crippen LogP contribution < -0.4 is 0 Å². The zero-order valence-electron chi connectivity index (χ0n) is 9.92. The summed E-state index contributed by atoms with van der Waals surface area (Å²) < 4.78 is 3.87. The Kier molecular flexibility index (Phi) is 3.77. The fraction of sp³-hybridized carbons (Fsp3) is 0.333. The minimum atomic E-state index is 0.115. The second kappa shape index (κ2) is 5.38. The molecule has 100 valence electrons. The number of hydrogen-bond donors (Lipinski definition) is 0. The highest BCUT2D eigenvalue weighted by molar-refractivity contribution is 9.10. The molecule has 7 heteroatoms. The van der Waals surface area contributed by atoms with Gasteiger partial charge in [0.2, 0.25) is 0 Å². The van der Waals surface area contributed by atoms with Crippen molar-refractivity contribution in [2.45, 2.75) is 12.5 Å². The average molecular weight is 405 g/mol. The van der Waals surface area contributed by atoms with Crippen LogP contribution >= 0.6 is 43.2 Å². The van der Waals surface area contributed by atoms with Crippen LogP contribution in [0, 0.1) is 0 Å². The van der Waals surface area contributed by atoms with E-state index in [1.807, 2.05) is 27.2 Å². The molecule has 1 aliphatic rings. The van der Waals surface area contributed by atoms with Crippen LogP contribution in [-0.4, -0.2) is 33.7 Å². The summed E-state index contributed by atoms with van der Waals surface area (Å²) >= 11 is 8.25. The lowest BCUT2D eigenvalue weighted by molar-refractivity contribution is 0.0792. The molecule has 1 amide bonds. The molecule has 4 nitrogen and oxygen atoms in total. The van der Waals surface area contributed by atoms with Gasteiger partial charge in [-0.3, -0.25) is 9.48 Å². The first-order valence-corrected chi connectivity index (χ1v) is 8.33. The van der Waals surface area contributed by atoms with E-state index < -0.39 is 0 Å². The van der Waals surface area contributed by atoms with Crippen LogP contribution in [-0.2, 0) is 0 Å². The maximum absolute atomic E-state index is 12.3. The van der Waals surface area contributed by atoms with E-state index >= 15 is 0 Å². The highest BCUT2D eigenvalue weighted by Gasteiger charge is 2.29. The van der Waals surface area contributed by atoms with Crippen LogP contribution in [0.25, 0.3) is 0 Å². The zero-order valence-corrected chi connectivity index (χ0v) is 13.9. The minimum absolute atomic E-state index is 0.115. The SMILES string of the molecule is O=C(c1cc(Br)cs1)N1CCC(n2cc(Br)cn2)C1. The summed E-state index contributed by atoms with van der Waals surface area (Å²) in [5.74, 6) is 0.115. The summed E-state index contributed by atoms with van der Waals surface area (Å²) in [5.41, 5.74) is 0. The molecule has 2 aromatic rings. The lowest BCUT2D eigenvalue weighted by Gasteiger charge is -2.15. The van der Waals surface area contributed by atoms with Crippen LogP contribution in [0.1, 0.15) is 22.1 Å². The lowest BCUT2D eigenvalue weighted by atomic mass is 10.3. The highest BCUT2D eigenvalue weighted by Crippen LogP contribution is 2.26. The van der Waals surface area contributed by atoms with E-state index in [1.165, 1.54) is 11.3 Å². The van der Waals surface area contributed by atoms with E-state index in [9.17, 15) is 4.79 Å². The number of thiophene rings is 1. The van der Waals surface area contributed by atoms with E-state index in [2.05, 4.69) is 37.0 Å². The number of nitrogens with zero attached hydrogens (tertiary/aromatic N) is 3. The summed E-state index contributed by atoms with van der Waals surface area (Å²) in [5, 5.41) is 6.23. The first-order valence-electron chi connectivity index (χ1n) is 5.86. The second-order valence-corrected chi connectivity index (χ2v) is 7.20. The van der Waals surface area contributed by atoms with Crippen molar-refractivity contribution in [2.24, 2.45) is 0 Å². The van der Waals surface area contributed by atoms with E-state index in [1.54, 1.807) is 6.20 Å². The molecule has 0 saturated carbocycles. The number of carbonyl (C=O) groups is 1. The number of aromatic nitrogens is 2. The van der Waals surface area contributed by atoms with Gasteiger partial charge in [-0.25, -0.2) is 0 Å². The van der Waals surface area contributed by atoms with Crippen molar-refractivity contribution in [3.63, 3.8) is 0 Å². The van der Waals surface area contributed by atoms with Crippen LogP contribution in [0.15, 0.2) is 32.8 Å². The third-order valence-corrected chi connectivity index (χ3v) is 5.26. The molecule has 2 aromatic heterocycles. The molecule has 19 heavy (non-hydrogen) atoms. The Labute approximate surface area is 131 Å². The van der Waals surface area contributed by atoms with E-state index in [0.29, 0.717) is 0 Å². The van der Waals surface area contributed by atoms with E-state index in [0.717, 1.165) is 33.3 Å². The first-order chi connectivity index (χ1) is 9.13. The topological polar surface area (TPSA) is 38.1 Å². The summed E-state index contributed by atoms with van der Waals surface area (Å²) in [6.07, 6.45) is 4.69. The lowest BCUT2D eigenvalue weighted by Crippen LogP contribution is -2.28. The predicted octanol–water partition coefficient (Wildman–Crippen LogP) is 3.56. The molecular formula is C12H11Br2N3OS. The van der Waals surface area contributed by atoms with Crippen molar-refractivity contribution in [3.8, 4) is 0 Å². The summed E-state index contributed by atoms with van der Waals surface area (Å²) in [6, 6.07) is 2.16. The molecule has 1 aliphatic heterocycles. The van der Waals surface area contributed by atoms with Gasteiger partial charge < -0.3 is 4.90 Å². The van der Waals surface area contributed by atoms with Crippen molar-refractivity contribution < 1.29 is 4.79 Å². The maximum Gasteiger partial charge on any atom is 0.264 e. The Morgan fingerprint density at radius 2 is 2.26 bits per heavy atom. The Hall–Kier alpha value is -0.660. The third kappa shape index (κ3) is 2.78. The van der Waals surface area contributed by atoms with Crippen molar-refractivity contribution in [2.75, 3.05) is 13.1 Å². The largest absolute Gasteiger partial charge is 0.336 e. The van der Waals surface area contributed by atoms with Crippen LogP contribution in [0.3, 0.4) is 0 Å². The van der Waals surface area contributed by atoms with Gasteiger partial charge in [0.15, 0.2) is 0 Å². The summed E-state index contributed by atoms with van der Waals surface area (Å²) in [6.45, 7) is 1.51. The van der Waals surface area contributed by atoms with Crippen LogP contribution in [0.4, 0.5) is 0 Å². The highest BCUT2D eigenvalue weighted by atomic mass is 79.9. The molecule has 3 rings (SSSR count). The molecule has 1 fully saturated rings. The molecule has 0 aliphatic carbocycles. The molecule has 3 heterocycles. The van der Waals surface area contributed by atoms with Crippen LogP contribution in [0.5, 0.6) is 0 Å². The van der Waals surface area contributed by atoms with Gasteiger partial charge in [0.1, 0.15) is 0 Å². The first kappa shape index (κ1) is 13.3. The summed E-state index contributed by atoms with van der Waals surface area (Å²) in [7, 11) is 0. The maximum atomic E-state index is 12.3. The van der Waals surface area contributed by atoms with Crippen molar-refractivity contribution >= 4 is 49.1 Å². The number of amides is 1. The quantitative estimate of drug-likeness (QED) is 0.767. The fourth-order valence-corrected chi connectivity index (χ4v) is 3.93. The molecule has 1 saturated heterocycles. The molecule has 0 aromatic carbocycles. The van der Waals surface area contributed by atoms with Crippen molar-refractivity contribution in [3.05, 3.63) is 37.7 Å². The Balaban J connectivity index is 1.70. The fourth-order valence-electron chi connectivity index (χ4n) is 2.24. The minimum Gasteiger partial charge on any atom is -0.336 e. The zero-order chi connectivity index (χ0) is 13.4. The monoisotopic (exact) mass is 403 g/mol. The van der Waals surface area contributed by atoms with E-state index in [-0.39, 0.29) is 11.9 Å². The molecular weight excluding hydrogens is 394 g/mol. The van der Waals surface area contributed by atoms with Gasteiger partial charge in [-0.15, -0.1) is 11.3 Å². The van der Waals surface area contributed by atoms with Gasteiger partial charge >= 0.3 is 0 Å². The second-order valence-electron chi connectivity index (χ2n) is 4.46. The van der Waals surface area contributed by atoms with Crippen molar-refractivity contribution in [1.29, 1.82) is 0 Å². The van der Waals surface area contributed by atoms with Gasteiger partial charge in [-0.1, -0.05) is 0 Å². The number of carbonyl (C=O) groups excluding carboxylic acids is 1. The van der Waals surface area contributed by atoms with Crippen LogP contribution in [0.2, 0.25) is 0 Å². The molecule has 0 N–H and O–H groups in total. The Morgan fingerprint density at radius 1 is 1.42 bits per heavy atom. The van der Waals surface area contributed by atoms with Gasteiger partial charge in [-0.2, -0.15) is 5.10 Å². The van der Waals surface area contributed by atoms with Gasteiger partial charge in [0, 0.05) is 29.1 Å². The standard InChI is InChI=1S/C12H11Br2N3OS/c13-8-3-11(19-7-8)12(18)16-2-1-10(6-16)17-5-9(14)4-15-17/h3-5,7,10H,1-2,6H2. The third-order valence-electron chi connectivity index (χ3n) is 3.17. The number of hydrogen-bond acceptors (Lipinski definition) is 3. The Morgan fingerprint density at radius 3 is 2.89 bits per heavy atom. The van der Waals surface area contributed by atoms with Crippen molar-refractivity contribution in [1.82, 2.24) is 14.7 Å². The van der Waals surface area contributed by atoms with Gasteiger partial charge in [0.05, 0.1) is 21.6 Å². The van der Waals surface area contributed by atoms with E-state index in [4.69, 9.17) is 0 Å². The predicted molar refractivity (Wildman–Crippen MR) is 81.5 cm³/mol. The molecule has 0 radical (unpaired) electrons. The molecule has 1 atom stereocenters. The molecule has 1 unspecified atom stereocenters. The van der Waals surface area contributed by atoms with Gasteiger partial charge in [-0.05, 0) is 44.3 Å². The average Bonchev–Trinajstić information content (AvgIpc) is 3.07. The number of likely N-dealkylation sites (tertiary alicyclic amines) is 1.